The third-order valence-corrected chi connectivity index (χ3v) is 5.58. The van der Waals surface area contributed by atoms with Crippen LogP contribution in [0.1, 0.15) is 12.5 Å². The van der Waals surface area contributed by atoms with Gasteiger partial charge in [-0.1, -0.05) is 25.1 Å². The third-order valence-electron chi connectivity index (χ3n) is 2.24. The second-order valence-corrected chi connectivity index (χ2v) is 6.97. The van der Waals surface area contributed by atoms with Crippen molar-refractivity contribution in [2.45, 2.75) is 17.6 Å². The molecule has 2 rings (SSSR count). The second kappa shape index (κ2) is 3.77. The molecular formula is C10H9ClO2S2. The second-order valence-electron chi connectivity index (χ2n) is 3.16. The van der Waals surface area contributed by atoms with Crippen molar-refractivity contribution in [2.24, 2.45) is 0 Å². The van der Waals surface area contributed by atoms with E-state index in [2.05, 4.69) is 0 Å². The standard InChI is InChI=1S/C10H9ClO2S2/c1-2-7-8-5-3-4-6-9(8)14-10(7)15(11,12)13/h3-6H,2H2,1H3. The van der Waals surface area contributed by atoms with Crippen LogP contribution in [0.2, 0.25) is 0 Å². The van der Waals surface area contributed by atoms with Gasteiger partial charge in [0.2, 0.25) is 0 Å². The molecule has 15 heavy (non-hydrogen) atoms. The Morgan fingerprint density at radius 1 is 1.33 bits per heavy atom. The SMILES string of the molecule is CCc1c(S(=O)(=O)Cl)sc2ccccc12. The maximum absolute atomic E-state index is 11.4. The van der Waals surface area contributed by atoms with Crippen LogP contribution in [0.15, 0.2) is 28.5 Å². The summed E-state index contributed by atoms with van der Waals surface area (Å²) in [5.41, 5.74) is 0.825. The molecule has 0 saturated carbocycles. The van der Waals surface area contributed by atoms with Crippen molar-refractivity contribution < 1.29 is 8.42 Å². The third kappa shape index (κ3) is 1.89. The Morgan fingerprint density at radius 3 is 2.60 bits per heavy atom. The van der Waals surface area contributed by atoms with E-state index in [9.17, 15) is 8.42 Å². The van der Waals surface area contributed by atoms with Crippen LogP contribution in [0.4, 0.5) is 0 Å². The first-order chi connectivity index (χ1) is 7.04. The van der Waals surface area contributed by atoms with E-state index in [1.54, 1.807) is 0 Å². The summed E-state index contributed by atoms with van der Waals surface area (Å²) in [6.07, 6.45) is 0.672. The van der Waals surface area contributed by atoms with Crippen LogP contribution in [0.5, 0.6) is 0 Å². The Balaban J connectivity index is 2.87. The van der Waals surface area contributed by atoms with Gasteiger partial charge in [-0.3, -0.25) is 0 Å². The zero-order chi connectivity index (χ0) is 11.1. The van der Waals surface area contributed by atoms with Crippen molar-refractivity contribution in [1.29, 1.82) is 0 Å². The fraction of sp³-hybridized carbons (Fsp3) is 0.200. The Hall–Kier alpha value is -0.580. The van der Waals surface area contributed by atoms with E-state index in [0.29, 0.717) is 6.42 Å². The van der Waals surface area contributed by atoms with Crippen molar-refractivity contribution in [2.75, 3.05) is 0 Å². The zero-order valence-electron chi connectivity index (χ0n) is 8.03. The number of hydrogen-bond donors (Lipinski definition) is 0. The van der Waals surface area contributed by atoms with Gasteiger partial charge in [0.25, 0.3) is 9.05 Å². The predicted molar refractivity (Wildman–Crippen MR) is 64.2 cm³/mol. The van der Waals surface area contributed by atoms with Crippen molar-refractivity contribution in [1.82, 2.24) is 0 Å². The molecule has 0 aliphatic carbocycles. The molecule has 0 aliphatic rings. The smallest absolute Gasteiger partial charge is 0.206 e. The fourth-order valence-corrected chi connectivity index (χ4v) is 4.41. The molecule has 0 amide bonds. The van der Waals surface area contributed by atoms with E-state index < -0.39 is 9.05 Å². The number of aryl methyl sites for hydroxylation is 1. The lowest BCUT2D eigenvalue weighted by molar-refractivity contribution is 0.610. The molecule has 0 radical (unpaired) electrons. The lowest BCUT2D eigenvalue weighted by Crippen LogP contribution is -1.91. The summed E-state index contributed by atoms with van der Waals surface area (Å²) in [6.45, 7) is 1.93. The molecular weight excluding hydrogens is 252 g/mol. The summed E-state index contributed by atoms with van der Waals surface area (Å²) in [4.78, 5) is 0. The van der Waals surface area contributed by atoms with Gasteiger partial charge < -0.3 is 0 Å². The summed E-state index contributed by atoms with van der Waals surface area (Å²) in [5.74, 6) is 0. The lowest BCUT2D eigenvalue weighted by Gasteiger charge is -1.96. The van der Waals surface area contributed by atoms with E-state index in [-0.39, 0.29) is 4.21 Å². The van der Waals surface area contributed by atoms with Gasteiger partial charge in [0, 0.05) is 15.4 Å². The quantitative estimate of drug-likeness (QED) is 0.776. The van der Waals surface area contributed by atoms with Gasteiger partial charge in [0.1, 0.15) is 4.21 Å². The minimum absolute atomic E-state index is 0.285. The molecule has 1 aromatic carbocycles. The summed E-state index contributed by atoms with van der Waals surface area (Å²) < 4.78 is 24.0. The van der Waals surface area contributed by atoms with Crippen LogP contribution in [-0.4, -0.2) is 8.42 Å². The minimum atomic E-state index is -3.62. The topological polar surface area (TPSA) is 34.1 Å². The summed E-state index contributed by atoms with van der Waals surface area (Å²) in [7, 11) is 1.78. The first-order valence-electron chi connectivity index (χ1n) is 4.49. The van der Waals surface area contributed by atoms with E-state index in [4.69, 9.17) is 10.7 Å². The highest BCUT2D eigenvalue weighted by Crippen LogP contribution is 2.36. The van der Waals surface area contributed by atoms with E-state index in [0.717, 1.165) is 15.6 Å². The Bertz CT molecular complexity index is 599. The van der Waals surface area contributed by atoms with Crippen LogP contribution >= 0.6 is 22.0 Å². The average molecular weight is 261 g/mol. The highest BCUT2D eigenvalue weighted by molar-refractivity contribution is 8.15. The predicted octanol–water partition coefficient (Wildman–Crippen LogP) is 3.39. The molecule has 0 bridgehead atoms. The number of halogens is 1. The highest BCUT2D eigenvalue weighted by atomic mass is 35.7. The summed E-state index contributed by atoms with van der Waals surface area (Å²) >= 11 is 1.24. The van der Waals surface area contributed by atoms with Crippen molar-refractivity contribution in [3.63, 3.8) is 0 Å². The molecule has 0 aliphatic heterocycles. The molecule has 2 aromatic rings. The van der Waals surface area contributed by atoms with Gasteiger partial charge in [-0.15, -0.1) is 11.3 Å². The van der Waals surface area contributed by atoms with Crippen molar-refractivity contribution >= 4 is 41.2 Å². The molecule has 0 fully saturated rings. The molecule has 1 aromatic heterocycles. The molecule has 2 nitrogen and oxygen atoms in total. The maximum atomic E-state index is 11.4. The maximum Gasteiger partial charge on any atom is 0.271 e. The monoisotopic (exact) mass is 260 g/mol. The molecule has 0 saturated heterocycles. The number of thiophene rings is 1. The molecule has 0 N–H and O–H groups in total. The van der Waals surface area contributed by atoms with Crippen molar-refractivity contribution in [3.8, 4) is 0 Å². The Morgan fingerprint density at radius 2 is 2.00 bits per heavy atom. The number of hydrogen-bond acceptors (Lipinski definition) is 3. The normalized spacial score (nSPS) is 12.1. The van der Waals surface area contributed by atoms with Gasteiger partial charge >= 0.3 is 0 Å². The molecule has 0 atom stereocenters. The Kier molecular flexibility index (Phi) is 2.75. The van der Waals surface area contributed by atoms with Crippen LogP contribution in [0.25, 0.3) is 10.1 Å². The van der Waals surface area contributed by atoms with E-state index >= 15 is 0 Å². The average Bonchev–Trinajstić information content (AvgIpc) is 2.55. The van der Waals surface area contributed by atoms with Crippen LogP contribution in [-0.2, 0) is 15.5 Å². The summed E-state index contributed by atoms with van der Waals surface area (Å²) in [6, 6.07) is 7.63. The van der Waals surface area contributed by atoms with Crippen LogP contribution < -0.4 is 0 Å². The Labute approximate surface area is 96.9 Å². The van der Waals surface area contributed by atoms with Gasteiger partial charge in [-0.2, -0.15) is 0 Å². The van der Waals surface area contributed by atoms with E-state index in [1.165, 1.54) is 11.3 Å². The number of fused-ring (bicyclic) bond motifs is 1. The molecule has 1 heterocycles. The zero-order valence-corrected chi connectivity index (χ0v) is 10.4. The molecule has 5 heteroatoms. The van der Waals surface area contributed by atoms with E-state index in [1.807, 2.05) is 31.2 Å². The first-order valence-corrected chi connectivity index (χ1v) is 7.61. The van der Waals surface area contributed by atoms with Crippen LogP contribution in [0.3, 0.4) is 0 Å². The largest absolute Gasteiger partial charge is 0.271 e. The van der Waals surface area contributed by atoms with Gasteiger partial charge in [-0.05, 0) is 23.4 Å². The highest BCUT2D eigenvalue weighted by Gasteiger charge is 2.20. The van der Waals surface area contributed by atoms with Gasteiger partial charge in [0.05, 0.1) is 0 Å². The van der Waals surface area contributed by atoms with Gasteiger partial charge in [-0.25, -0.2) is 8.42 Å². The van der Waals surface area contributed by atoms with Crippen molar-refractivity contribution in [3.05, 3.63) is 29.8 Å². The van der Waals surface area contributed by atoms with Crippen LogP contribution in [0, 0.1) is 0 Å². The fourth-order valence-electron chi connectivity index (χ4n) is 1.61. The molecule has 0 spiro atoms. The lowest BCUT2D eigenvalue weighted by atomic mass is 10.1. The molecule has 0 unspecified atom stereocenters. The number of benzene rings is 1. The summed E-state index contributed by atoms with van der Waals surface area (Å²) in [5, 5.41) is 0.990. The molecule has 80 valence electrons. The minimum Gasteiger partial charge on any atom is -0.206 e. The first kappa shape index (κ1) is 10.9. The van der Waals surface area contributed by atoms with Gasteiger partial charge in [0.15, 0.2) is 0 Å². The number of rotatable bonds is 2.